The molecule has 2 N–H and O–H groups in total. The molecule has 4 aromatic rings. The summed E-state index contributed by atoms with van der Waals surface area (Å²) in [5, 5.41) is 17.6. The minimum absolute atomic E-state index is 0.519. The largest absolute Gasteiger partial charge is 0.495 e. The molecule has 9 nitrogen and oxygen atoms in total. The number of carbonyl (C=O) groups excluding carboxylic acids is 1. The van der Waals surface area contributed by atoms with E-state index in [-0.39, 0.29) is 0 Å². The number of benzene rings is 2. The molecule has 36 heavy (non-hydrogen) atoms. The molecule has 2 fully saturated rings. The van der Waals surface area contributed by atoms with E-state index in [2.05, 4.69) is 38.7 Å². The number of methoxy groups -OCH3 is 1. The molecule has 0 radical (unpaired) electrons. The van der Waals surface area contributed by atoms with Gasteiger partial charge >= 0.3 is 0 Å². The maximum absolute atomic E-state index is 11.2. The van der Waals surface area contributed by atoms with E-state index >= 15 is 0 Å². The number of hydrogen-bond acceptors (Lipinski definition) is 7. The van der Waals surface area contributed by atoms with Crippen LogP contribution in [0.25, 0.3) is 21.8 Å². The quantitative estimate of drug-likeness (QED) is 0.400. The summed E-state index contributed by atoms with van der Waals surface area (Å²) in [5.74, 6) is 0.818. The average molecular weight is 490 g/mol. The van der Waals surface area contributed by atoms with Crippen LogP contribution in [0.5, 0.6) is 5.75 Å². The molecule has 6 rings (SSSR count). The lowest BCUT2D eigenvalue weighted by atomic mass is 9.60. The first-order valence-corrected chi connectivity index (χ1v) is 12.5. The van der Waals surface area contributed by atoms with E-state index in [4.69, 9.17) is 4.74 Å². The third-order valence-electron chi connectivity index (χ3n) is 7.38. The van der Waals surface area contributed by atoms with Gasteiger partial charge in [0.05, 0.1) is 18.3 Å². The molecule has 1 spiro atoms. The number of nitrogens with zero attached hydrogens (tertiary/aromatic N) is 5. The second-order valence-electron chi connectivity index (χ2n) is 10.0. The number of nitrogens with one attached hydrogen (secondary N) is 2. The second kappa shape index (κ2) is 9.46. The van der Waals surface area contributed by atoms with Crippen molar-refractivity contribution in [1.29, 1.82) is 0 Å². The van der Waals surface area contributed by atoms with Crippen molar-refractivity contribution in [3.05, 3.63) is 42.2 Å². The third-order valence-corrected chi connectivity index (χ3v) is 7.38. The molecule has 0 unspecified atom stereocenters. The van der Waals surface area contributed by atoms with E-state index in [1.807, 2.05) is 51.7 Å². The molecule has 0 bridgehead atoms. The summed E-state index contributed by atoms with van der Waals surface area (Å²) in [7, 11) is 7.35. The molecule has 2 aliphatic rings. The van der Waals surface area contributed by atoms with Crippen LogP contribution in [0.3, 0.4) is 0 Å². The third kappa shape index (κ3) is 4.28. The molecular formula is C27H35N7O2. The fourth-order valence-electron chi connectivity index (χ4n) is 5.75. The van der Waals surface area contributed by atoms with Gasteiger partial charge in [0, 0.05) is 86.2 Å². The lowest BCUT2D eigenvalue weighted by Gasteiger charge is -2.60. The molecule has 2 aromatic carbocycles. The molecule has 0 amide bonds. The zero-order valence-electron chi connectivity index (χ0n) is 21.7. The highest BCUT2D eigenvalue weighted by molar-refractivity contribution is 6.02. The Hall–Kier alpha value is -3.59. The van der Waals surface area contributed by atoms with Gasteiger partial charge in [-0.2, -0.15) is 10.2 Å². The van der Waals surface area contributed by atoms with Crippen LogP contribution in [0.15, 0.2) is 36.7 Å². The number of anilines is 2. The monoisotopic (exact) mass is 489 g/mol. The highest BCUT2D eigenvalue weighted by Crippen LogP contribution is 2.50. The Bertz CT molecular complexity index is 1350. The number of ether oxygens (including phenoxy) is 1. The Morgan fingerprint density at radius 1 is 1.14 bits per heavy atom. The van der Waals surface area contributed by atoms with Crippen LogP contribution >= 0.6 is 0 Å². The van der Waals surface area contributed by atoms with Crippen LogP contribution in [0.4, 0.5) is 11.4 Å². The summed E-state index contributed by atoms with van der Waals surface area (Å²) in [6.45, 7) is 5.48. The fraction of sp³-hybridized carbons (Fsp3) is 0.444. The van der Waals surface area contributed by atoms with E-state index < -0.39 is 0 Å². The van der Waals surface area contributed by atoms with Crippen molar-refractivity contribution in [2.75, 3.05) is 44.0 Å². The highest BCUT2D eigenvalue weighted by Gasteiger charge is 2.52. The predicted octanol–water partition coefficient (Wildman–Crippen LogP) is 3.59. The average Bonchev–Trinajstić information content (AvgIpc) is 3.39. The zero-order chi connectivity index (χ0) is 25.4. The van der Waals surface area contributed by atoms with Gasteiger partial charge in [0.2, 0.25) is 0 Å². The summed E-state index contributed by atoms with van der Waals surface area (Å²) in [6.07, 6.45) is 7.48. The molecule has 0 atom stereocenters. The molecule has 1 aliphatic carbocycles. The van der Waals surface area contributed by atoms with Gasteiger partial charge in [-0.1, -0.05) is 6.92 Å². The van der Waals surface area contributed by atoms with E-state index in [1.165, 1.54) is 18.5 Å². The summed E-state index contributed by atoms with van der Waals surface area (Å²) in [6, 6.07) is 8.64. The molecule has 9 heteroatoms. The van der Waals surface area contributed by atoms with Crippen molar-refractivity contribution in [3.8, 4) is 5.75 Å². The van der Waals surface area contributed by atoms with Gasteiger partial charge in [0.25, 0.3) is 0 Å². The second-order valence-corrected chi connectivity index (χ2v) is 10.0. The van der Waals surface area contributed by atoms with Crippen LogP contribution in [0.2, 0.25) is 0 Å². The van der Waals surface area contributed by atoms with Gasteiger partial charge in [-0.05, 0) is 37.6 Å². The summed E-state index contributed by atoms with van der Waals surface area (Å²) in [5.41, 5.74) is 5.15. The lowest BCUT2D eigenvalue weighted by molar-refractivity contribution is 0.0496. The first-order valence-electron chi connectivity index (χ1n) is 12.5. The van der Waals surface area contributed by atoms with Gasteiger partial charge in [-0.15, -0.1) is 0 Å². The van der Waals surface area contributed by atoms with Crippen molar-refractivity contribution in [3.63, 3.8) is 0 Å². The zero-order valence-corrected chi connectivity index (χ0v) is 21.7. The van der Waals surface area contributed by atoms with Gasteiger partial charge in [-0.25, -0.2) is 0 Å². The van der Waals surface area contributed by atoms with Crippen LogP contribution in [-0.2, 0) is 14.1 Å². The van der Waals surface area contributed by atoms with Crippen molar-refractivity contribution in [2.45, 2.75) is 25.8 Å². The van der Waals surface area contributed by atoms with Crippen molar-refractivity contribution >= 4 is 39.5 Å². The van der Waals surface area contributed by atoms with Crippen LogP contribution < -0.4 is 20.3 Å². The SMILES string of the molecule is CCNC1CC2(C1)CN(c1ccc(C=O)c3nn(C)cc13)C2.CNc1cc2cn(C)nc2cc1OC. The number of fused-ring (bicyclic) bond motifs is 2. The Morgan fingerprint density at radius 3 is 2.56 bits per heavy atom. The number of carbonyl (C=O) groups is 1. The molecule has 190 valence electrons. The van der Waals surface area contributed by atoms with E-state index in [0.29, 0.717) is 17.0 Å². The highest BCUT2D eigenvalue weighted by atomic mass is 16.5. The van der Waals surface area contributed by atoms with Gasteiger partial charge in [-0.3, -0.25) is 14.2 Å². The van der Waals surface area contributed by atoms with Gasteiger partial charge in [0.1, 0.15) is 11.3 Å². The minimum atomic E-state index is 0.519. The molecule has 2 aromatic heterocycles. The van der Waals surface area contributed by atoms with Crippen LogP contribution in [0.1, 0.15) is 30.1 Å². The molecule has 3 heterocycles. The van der Waals surface area contributed by atoms with Crippen molar-refractivity contribution in [2.24, 2.45) is 19.5 Å². The minimum Gasteiger partial charge on any atom is -0.495 e. The van der Waals surface area contributed by atoms with Crippen molar-refractivity contribution in [1.82, 2.24) is 24.9 Å². The number of aryl methyl sites for hydroxylation is 2. The molecule has 1 aliphatic heterocycles. The van der Waals surface area contributed by atoms with E-state index in [1.54, 1.807) is 16.5 Å². The first-order chi connectivity index (χ1) is 17.4. The van der Waals surface area contributed by atoms with E-state index in [0.717, 1.165) is 59.2 Å². The molecule has 1 saturated carbocycles. The summed E-state index contributed by atoms with van der Waals surface area (Å²) < 4.78 is 8.83. The number of aromatic nitrogens is 4. The standard InChI is InChI=1S/C17H22N4O.C10H13N3O/c1-3-18-13-6-17(7-13)10-21(11-17)15-5-4-12(9-22)16-14(15)8-20(2)19-16;1-11-9-4-7-6-13(2)12-8(7)5-10(9)14-3/h4-5,8-9,13,18H,3,6-7,10-11H2,1-2H3;4-6,11H,1-3H3. The summed E-state index contributed by atoms with van der Waals surface area (Å²) >= 11 is 0. The molecule has 1 saturated heterocycles. The Balaban J connectivity index is 0.000000165. The first kappa shape index (κ1) is 24.1. The maximum Gasteiger partial charge on any atom is 0.152 e. The number of aldehydes is 1. The number of rotatable bonds is 6. The normalized spacial score (nSPS) is 16.4. The molecular weight excluding hydrogens is 454 g/mol. The Kier molecular flexibility index (Phi) is 6.34. The smallest absolute Gasteiger partial charge is 0.152 e. The maximum atomic E-state index is 11.2. The predicted molar refractivity (Wildman–Crippen MR) is 144 cm³/mol. The Labute approximate surface area is 211 Å². The topological polar surface area (TPSA) is 89.2 Å². The van der Waals surface area contributed by atoms with Crippen molar-refractivity contribution < 1.29 is 9.53 Å². The summed E-state index contributed by atoms with van der Waals surface area (Å²) in [4.78, 5) is 13.6. The van der Waals surface area contributed by atoms with Gasteiger partial charge < -0.3 is 20.3 Å². The van der Waals surface area contributed by atoms with Crippen LogP contribution in [-0.4, -0.2) is 65.7 Å². The fourth-order valence-corrected chi connectivity index (χ4v) is 5.75. The number of hydrogen-bond donors (Lipinski definition) is 2. The lowest BCUT2D eigenvalue weighted by Crippen LogP contribution is -2.66. The van der Waals surface area contributed by atoms with Crippen LogP contribution in [0, 0.1) is 5.41 Å². The van der Waals surface area contributed by atoms with E-state index in [9.17, 15) is 4.79 Å². The van der Waals surface area contributed by atoms with Gasteiger partial charge in [0.15, 0.2) is 6.29 Å². The Morgan fingerprint density at radius 2 is 1.89 bits per heavy atom.